The second kappa shape index (κ2) is 5.33. The lowest BCUT2D eigenvalue weighted by Crippen LogP contribution is -2.27. The Morgan fingerprint density at radius 3 is 2.95 bits per heavy atom. The van der Waals surface area contributed by atoms with Crippen LogP contribution in [0.25, 0.3) is 0 Å². The van der Waals surface area contributed by atoms with Crippen molar-refractivity contribution < 1.29 is 14.3 Å². The molecule has 0 N–H and O–H groups in total. The standard InChI is InChI=1S/C16H15NO3/c1-11-10-19-14-7-3-2-6-13(14)15(11)20-16(18)12-5-4-8-17-9-12/h2-9,11,15H,10H2,1H3/t11-,15+/m1/s1. The minimum atomic E-state index is -0.355. The third-order valence-corrected chi connectivity index (χ3v) is 3.38. The Morgan fingerprint density at radius 2 is 2.15 bits per heavy atom. The van der Waals surface area contributed by atoms with E-state index in [0.29, 0.717) is 12.2 Å². The van der Waals surface area contributed by atoms with Crippen LogP contribution in [0, 0.1) is 5.92 Å². The maximum absolute atomic E-state index is 12.2. The molecule has 0 radical (unpaired) electrons. The Morgan fingerprint density at radius 1 is 1.30 bits per heavy atom. The van der Waals surface area contributed by atoms with Gasteiger partial charge in [0.05, 0.1) is 12.2 Å². The summed E-state index contributed by atoms with van der Waals surface area (Å²) in [6.45, 7) is 2.55. The summed E-state index contributed by atoms with van der Waals surface area (Å²) in [6.07, 6.45) is 2.86. The minimum Gasteiger partial charge on any atom is -0.493 e. The topological polar surface area (TPSA) is 48.4 Å². The molecule has 0 amide bonds. The normalized spacial score (nSPS) is 20.6. The van der Waals surface area contributed by atoms with Gasteiger partial charge in [0.15, 0.2) is 0 Å². The van der Waals surface area contributed by atoms with Gasteiger partial charge in [-0.2, -0.15) is 0 Å². The van der Waals surface area contributed by atoms with Crippen LogP contribution in [0.4, 0.5) is 0 Å². The predicted octanol–water partition coefficient (Wildman–Crippen LogP) is 3.01. The lowest BCUT2D eigenvalue weighted by molar-refractivity contribution is -0.000260. The number of para-hydroxylation sites is 1. The smallest absolute Gasteiger partial charge is 0.340 e. The molecular weight excluding hydrogens is 254 g/mol. The SMILES string of the molecule is C[C@@H]1COc2ccccc2[C@H]1OC(=O)c1cccnc1. The highest BCUT2D eigenvalue weighted by atomic mass is 16.6. The fourth-order valence-electron chi connectivity index (χ4n) is 2.31. The molecule has 0 saturated heterocycles. The van der Waals surface area contributed by atoms with E-state index in [0.717, 1.165) is 11.3 Å². The molecule has 1 aromatic heterocycles. The number of carbonyl (C=O) groups is 1. The molecule has 0 unspecified atom stereocenters. The summed E-state index contributed by atoms with van der Waals surface area (Å²) in [5.41, 5.74) is 1.38. The molecule has 0 aliphatic carbocycles. The molecule has 3 rings (SSSR count). The van der Waals surface area contributed by atoms with Crippen LogP contribution < -0.4 is 4.74 Å². The van der Waals surface area contributed by atoms with Gasteiger partial charge < -0.3 is 9.47 Å². The number of aromatic nitrogens is 1. The third kappa shape index (κ3) is 2.37. The summed E-state index contributed by atoms with van der Waals surface area (Å²) in [4.78, 5) is 16.1. The lowest BCUT2D eigenvalue weighted by Gasteiger charge is -2.30. The molecule has 2 heterocycles. The lowest BCUT2D eigenvalue weighted by atomic mass is 9.94. The van der Waals surface area contributed by atoms with E-state index in [4.69, 9.17) is 9.47 Å². The predicted molar refractivity (Wildman–Crippen MR) is 73.5 cm³/mol. The first kappa shape index (κ1) is 12.7. The first-order valence-electron chi connectivity index (χ1n) is 6.58. The largest absolute Gasteiger partial charge is 0.493 e. The van der Waals surface area contributed by atoms with Crippen LogP contribution in [0.5, 0.6) is 5.75 Å². The average molecular weight is 269 g/mol. The Balaban J connectivity index is 1.85. The van der Waals surface area contributed by atoms with Crippen LogP contribution >= 0.6 is 0 Å². The van der Waals surface area contributed by atoms with Crippen molar-refractivity contribution in [3.63, 3.8) is 0 Å². The summed E-state index contributed by atoms with van der Waals surface area (Å²) >= 11 is 0. The molecule has 0 fully saturated rings. The Bertz CT molecular complexity index is 612. The Labute approximate surface area is 117 Å². The number of rotatable bonds is 2. The zero-order valence-corrected chi connectivity index (χ0v) is 11.2. The fourth-order valence-corrected chi connectivity index (χ4v) is 2.31. The zero-order valence-electron chi connectivity index (χ0n) is 11.2. The summed E-state index contributed by atoms with van der Waals surface area (Å²) < 4.78 is 11.3. The van der Waals surface area contributed by atoms with Gasteiger partial charge in [-0.05, 0) is 18.2 Å². The first-order valence-corrected chi connectivity index (χ1v) is 6.58. The minimum absolute atomic E-state index is 0.116. The highest BCUT2D eigenvalue weighted by Crippen LogP contribution is 2.37. The van der Waals surface area contributed by atoms with Gasteiger partial charge in [0, 0.05) is 23.9 Å². The molecule has 2 aromatic rings. The van der Waals surface area contributed by atoms with E-state index in [1.165, 1.54) is 6.20 Å². The molecule has 0 saturated carbocycles. The number of hydrogen-bond donors (Lipinski definition) is 0. The molecule has 0 bridgehead atoms. The monoisotopic (exact) mass is 269 g/mol. The highest BCUT2D eigenvalue weighted by Gasteiger charge is 2.31. The van der Waals surface area contributed by atoms with Crippen LogP contribution in [0.3, 0.4) is 0 Å². The van der Waals surface area contributed by atoms with Crippen LogP contribution in [0.15, 0.2) is 48.8 Å². The van der Waals surface area contributed by atoms with Crippen molar-refractivity contribution in [1.29, 1.82) is 0 Å². The van der Waals surface area contributed by atoms with E-state index < -0.39 is 0 Å². The number of ether oxygens (including phenoxy) is 2. The van der Waals surface area contributed by atoms with Crippen LogP contribution in [-0.4, -0.2) is 17.6 Å². The van der Waals surface area contributed by atoms with E-state index in [2.05, 4.69) is 4.98 Å². The molecule has 4 heteroatoms. The van der Waals surface area contributed by atoms with Gasteiger partial charge in [0.25, 0.3) is 0 Å². The fraction of sp³-hybridized carbons (Fsp3) is 0.250. The second-order valence-corrected chi connectivity index (χ2v) is 4.89. The number of fused-ring (bicyclic) bond motifs is 1. The number of carbonyl (C=O) groups excluding carboxylic acids is 1. The molecule has 1 aliphatic rings. The molecule has 2 atom stereocenters. The van der Waals surface area contributed by atoms with Gasteiger partial charge in [-0.15, -0.1) is 0 Å². The molecule has 1 aliphatic heterocycles. The number of benzene rings is 1. The summed E-state index contributed by atoms with van der Waals surface area (Å²) in [7, 11) is 0. The Kier molecular flexibility index (Phi) is 3.37. The highest BCUT2D eigenvalue weighted by molar-refractivity contribution is 5.89. The third-order valence-electron chi connectivity index (χ3n) is 3.38. The van der Waals surface area contributed by atoms with E-state index in [1.54, 1.807) is 18.3 Å². The van der Waals surface area contributed by atoms with Crippen molar-refractivity contribution in [3.8, 4) is 5.75 Å². The molecule has 102 valence electrons. The van der Waals surface area contributed by atoms with Gasteiger partial charge in [-0.25, -0.2) is 4.79 Å². The van der Waals surface area contributed by atoms with Gasteiger partial charge in [-0.3, -0.25) is 4.98 Å². The number of pyridine rings is 1. The van der Waals surface area contributed by atoms with Gasteiger partial charge in [0.1, 0.15) is 11.9 Å². The van der Waals surface area contributed by atoms with E-state index >= 15 is 0 Å². The zero-order chi connectivity index (χ0) is 13.9. The van der Waals surface area contributed by atoms with Crippen molar-refractivity contribution in [3.05, 3.63) is 59.9 Å². The Hall–Kier alpha value is -2.36. The molecular formula is C16H15NO3. The summed E-state index contributed by atoms with van der Waals surface area (Å²) in [5, 5.41) is 0. The van der Waals surface area contributed by atoms with Crippen molar-refractivity contribution in [2.75, 3.05) is 6.61 Å². The number of esters is 1. The van der Waals surface area contributed by atoms with Crippen molar-refractivity contribution >= 4 is 5.97 Å². The maximum atomic E-state index is 12.2. The van der Waals surface area contributed by atoms with E-state index in [9.17, 15) is 4.79 Å². The quantitative estimate of drug-likeness (QED) is 0.786. The summed E-state index contributed by atoms with van der Waals surface area (Å²) in [6, 6.07) is 11.1. The molecule has 0 spiro atoms. The molecule has 1 aromatic carbocycles. The second-order valence-electron chi connectivity index (χ2n) is 4.89. The summed E-state index contributed by atoms with van der Waals surface area (Å²) in [5.74, 6) is 0.548. The van der Waals surface area contributed by atoms with E-state index in [1.807, 2.05) is 31.2 Å². The van der Waals surface area contributed by atoms with Crippen LogP contribution in [0.2, 0.25) is 0 Å². The average Bonchev–Trinajstić information content (AvgIpc) is 2.51. The van der Waals surface area contributed by atoms with Crippen molar-refractivity contribution in [1.82, 2.24) is 4.98 Å². The number of nitrogens with zero attached hydrogens (tertiary/aromatic N) is 1. The van der Waals surface area contributed by atoms with Gasteiger partial charge in [0.2, 0.25) is 0 Å². The molecule has 4 nitrogen and oxygen atoms in total. The van der Waals surface area contributed by atoms with Crippen molar-refractivity contribution in [2.24, 2.45) is 5.92 Å². The number of hydrogen-bond acceptors (Lipinski definition) is 4. The van der Waals surface area contributed by atoms with Gasteiger partial charge >= 0.3 is 5.97 Å². The van der Waals surface area contributed by atoms with Crippen LogP contribution in [-0.2, 0) is 4.74 Å². The molecule has 20 heavy (non-hydrogen) atoms. The van der Waals surface area contributed by atoms with E-state index in [-0.39, 0.29) is 18.0 Å². The van der Waals surface area contributed by atoms with Crippen molar-refractivity contribution in [2.45, 2.75) is 13.0 Å². The first-order chi connectivity index (χ1) is 9.75. The maximum Gasteiger partial charge on any atom is 0.340 e. The van der Waals surface area contributed by atoms with Crippen LogP contribution in [0.1, 0.15) is 28.9 Å². The van der Waals surface area contributed by atoms with Gasteiger partial charge in [-0.1, -0.05) is 25.1 Å².